The smallest absolute Gasteiger partial charge is 0.363 e. The third-order valence-corrected chi connectivity index (χ3v) is 5.58. The third-order valence-electron chi connectivity index (χ3n) is 5.18. The lowest BCUT2D eigenvalue weighted by atomic mass is 9.98. The van der Waals surface area contributed by atoms with Crippen molar-refractivity contribution in [2.45, 2.75) is 45.0 Å². The molecule has 0 saturated carbocycles. The zero-order chi connectivity index (χ0) is 21.2. The van der Waals surface area contributed by atoms with E-state index < -0.39 is 22.7 Å². The topological polar surface area (TPSA) is 65.4 Å². The summed E-state index contributed by atoms with van der Waals surface area (Å²) in [6, 6.07) is 3.30. The Morgan fingerprint density at radius 1 is 1.34 bits per heavy atom. The van der Waals surface area contributed by atoms with Gasteiger partial charge in [0.1, 0.15) is 6.23 Å². The van der Waals surface area contributed by atoms with Crippen LogP contribution in [0.3, 0.4) is 0 Å². The van der Waals surface area contributed by atoms with Crippen LogP contribution >= 0.6 is 11.6 Å². The maximum Gasteiger partial charge on any atom is 0.417 e. The lowest BCUT2D eigenvalue weighted by Crippen LogP contribution is -2.43. The van der Waals surface area contributed by atoms with E-state index in [1.165, 1.54) is 17.0 Å². The van der Waals surface area contributed by atoms with E-state index in [-0.39, 0.29) is 24.0 Å². The molecule has 1 aromatic carbocycles. The SMILES string of the molecule is C/C(NC1CCCCO1)=C1\CCN(C(=O)c2cccc(C(F)(F)F)c2Cl)CC1=N. The predicted molar refractivity (Wildman–Crippen MR) is 104 cm³/mol. The maximum atomic E-state index is 13.1. The van der Waals surface area contributed by atoms with Gasteiger partial charge >= 0.3 is 6.18 Å². The molecule has 5 nitrogen and oxygen atoms in total. The van der Waals surface area contributed by atoms with Crippen LogP contribution in [0, 0.1) is 5.41 Å². The summed E-state index contributed by atoms with van der Waals surface area (Å²) < 4.78 is 44.8. The number of allylic oxidation sites excluding steroid dienone is 1. The van der Waals surface area contributed by atoms with Crippen molar-refractivity contribution in [3.8, 4) is 0 Å². The first-order valence-electron chi connectivity index (χ1n) is 9.49. The molecule has 1 unspecified atom stereocenters. The molecule has 0 aromatic heterocycles. The van der Waals surface area contributed by atoms with E-state index in [2.05, 4.69) is 5.32 Å². The lowest BCUT2D eigenvalue weighted by Gasteiger charge is -2.32. The van der Waals surface area contributed by atoms with Gasteiger partial charge in [0.05, 0.1) is 28.4 Å². The van der Waals surface area contributed by atoms with Crippen LogP contribution in [-0.4, -0.2) is 42.4 Å². The van der Waals surface area contributed by atoms with Crippen LogP contribution in [0.15, 0.2) is 29.5 Å². The molecule has 2 aliphatic heterocycles. The van der Waals surface area contributed by atoms with Crippen molar-refractivity contribution in [2.24, 2.45) is 0 Å². The highest BCUT2D eigenvalue weighted by atomic mass is 35.5. The summed E-state index contributed by atoms with van der Waals surface area (Å²) in [6.45, 7) is 2.90. The minimum Gasteiger partial charge on any atom is -0.363 e. The number of halogens is 4. The first kappa shape index (κ1) is 21.6. The van der Waals surface area contributed by atoms with Crippen LogP contribution < -0.4 is 5.32 Å². The fraction of sp³-hybridized carbons (Fsp3) is 0.500. The van der Waals surface area contributed by atoms with Crippen molar-refractivity contribution in [1.82, 2.24) is 10.2 Å². The molecule has 1 amide bonds. The molecule has 2 N–H and O–H groups in total. The second-order valence-corrected chi connectivity index (χ2v) is 7.60. The van der Waals surface area contributed by atoms with Gasteiger partial charge in [-0.3, -0.25) is 4.79 Å². The quantitative estimate of drug-likeness (QED) is 0.737. The molecule has 2 fully saturated rings. The molecule has 0 aliphatic carbocycles. The Hall–Kier alpha value is -2.06. The van der Waals surface area contributed by atoms with Gasteiger partial charge in [0, 0.05) is 18.8 Å². The van der Waals surface area contributed by atoms with Gasteiger partial charge in [0.25, 0.3) is 5.91 Å². The van der Waals surface area contributed by atoms with Gasteiger partial charge in [-0.1, -0.05) is 17.7 Å². The Morgan fingerprint density at radius 2 is 2.10 bits per heavy atom. The summed E-state index contributed by atoms with van der Waals surface area (Å²) >= 11 is 5.88. The summed E-state index contributed by atoms with van der Waals surface area (Å²) in [4.78, 5) is 14.1. The van der Waals surface area contributed by atoms with E-state index in [0.717, 1.165) is 36.6 Å². The number of hydrogen-bond acceptors (Lipinski definition) is 4. The standard InChI is InChI=1S/C20H23ClF3N3O2/c1-12(26-17-7-2-3-10-29-17)13-8-9-27(11-16(13)25)19(28)14-5-4-6-15(18(14)21)20(22,23)24/h4-6,17,25-26H,2-3,7-11H2,1H3/b13-12-,25-16?. The number of piperidine rings is 1. The number of amides is 1. The maximum absolute atomic E-state index is 13.1. The second-order valence-electron chi connectivity index (χ2n) is 7.22. The molecule has 2 saturated heterocycles. The number of hydrogen-bond donors (Lipinski definition) is 2. The molecule has 1 atom stereocenters. The summed E-state index contributed by atoms with van der Waals surface area (Å²) in [5.41, 5.74) is 0.662. The third kappa shape index (κ3) is 4.93. The molecule has 0 bridgehead atoms. The minimum absolute atomic E-state index is 0.0191. The Bertz CT molecular complexity index is 833. The molecule has 29 heavy (non-hydrogen) atoms. The number of ether oxygens (including phenoxy) is 1. The Kier molecular flexibility index (Phi) is 6.53. The van der Waals surface area contributed by atoms with Crippen molar-refractivity contribution in [2.75, 3.05) is 19.7 Å². The Labute approximate surface area is 172 Å². The number of carbonyl (C=O) groups excluding carboxylic acids is 1. The van der Waals surface area contributed by atoms with Crippen LogP contribution in [0.5, 0.6) is 0 Å². The summed E-state index contributed by atoms with van der Waals surface area (Å²) in [5.74, 6) is -0.605. The van der Waals surface area contributed by atoms with Crippen molar-refractivity contribution in [3.05, 3.63) is 45.6 Å². The average molecular weight is 430 g/mol. The largest absolute Gasteiger partial charge is 0.417 e. The summed E-state index contributed by atoms with van der Waals surface area (Å²) in [5, 5.41) is 11.0. The van der Waals surface area contributed by atoms with Gasteiger partial charge in [-0.2, -0.15) is 13.2 Å². The van der Waals surface area contributed by atoms with E-state index in [0.29, 0.717) is 19.6 Å². The van der Waals surface area contributed by atoms with Crippen LogP contribution in [-0.2, 0) is 10.9 Å². The van der Waals surface area contributed by atoms with Gasteiger partial charge in [0.2, 0.25) is 0 Å². The number of rotatable bonds is 3. The monoisotopic (exact) mass is 429 g/mol. The van der Waals surface area contributed by atoms with Crippen LogP contribution in [0.25, 0.3) is 0 Å². The molecule has 2 aliphatic rings. The molecular weight excluding hydrogens is 407 g/mol. The van der Waals surface area contributed by atoms with Crippen molar-refractivity contribution in [3.63, 3.8) is 0 Å². The average Bonchev–Trinajstić information content (AvgIpc) is 2.67. The zero-order valence-electron chi connectivity index (χ0n) is 16.0. The van der Waals surface area contributed by atoms with E-state index in [4.69, 9.17) is 21.7 Å². The van der Waals surface area contributed by atoms with Gasteiger partial charge in [-0.15, -0.1) is 0 Å². The normalized spacial score (nSPS) is 22.4. The number of benzene rings is 1. The second kappa shape index (κ2) is 8.75. The highest BCUT2D eigenvalue weighted by molar-refractivity contribution is 6.34. The zero-order valence-corrected chi connectivity index (χ0v) is 16.8. The number of carbonyl (C=O) groups is 1. The van der Waals surface area contributed by atoms with Gasteiger partial charge in [-0.05, 0) is 50.3 Å². The lowest BCUT2D eigenvalue weighted by molar-refractivity contribution is -0.137. The molecule has 3 rings (SSSR count). The van der Waals surface area contributed by atoms with Crippen LogP contribution in [0.2, 0.25) is 5.02 Å². The molecule has 0 radical (unpaired) electrons. The van der Waals surface area contributed by atoms with Crippen molar-refractivity contribution >= 4 is 23.2 Å². The van der Waals surface area contributed by atoms with E-state index in [9.17, 15) is 18.0 Å². The summed E-state index contributed by atoms with van der Waals surface area (Å²) in [6.07, 6.45) is -1.26. The number of nitrogens with zero attached hydrogens (tertiary/aromatic N) is 1. The summed E-state index contributed by atoms with van der Waals surface area (Å²) in [7, 11) is 0. The fourth-order valence-corrected chi connectivity index (χ4v) is 3.93. The first-order valence-corrected chi connectivity index (χ1v) is 9.87. The number of likely N-dealkylation sites (tertiary alicyclic amines) is 1. The van der Waals surface area contributed by atoms with Crippen LogP contribution in [0.1, 0.15) is 48.5 Å². The van der Waals surface area contributed by atoms with Crippen molar-refractivity contribution < 1.29 is 22.7 Å². The highest BCUT2D eigenvalue weighted by Crippen LogP contribution is 2.36. The Balaban J connectivity index is 1.72. The predicted octanol–water partition coefficient (Wildman–Crippen LogP) is 4.61. The molecule has 9 heteroatoms. The number of alkyl halides is 3. The fourth-order valence-electron chi connectivity index (χ4n) is 3.62. The molecule has 1 aromatic rings. The van der Waals surface area contributed by atoms with E-state index in [1.54, 1.807) is 0 Å². The van der Waals surface area contributed by atoms with E-state index in [1.807, 2.05) is 6.92 Å². The van der Waals surface area contributed by atoms with Crippen LogP contribution in [0.4, 0.5) is 13.2 Å². The molecular formula is C20H23ClF3N3O2. The van der Waals surface area contributed by atoms with E-state index >= 15 is 0 Å². The molecule has 0 spiro atoms. The number of nitrogens with one attached hydrogen (secondary N) is 2. The Morgan fingerprint density at radius 3 is 2.72 bits per heavy atom. The van der Waals surface area contributed by atoms with Gasteiger partial charge < -0.3 is 20.4 Å². The van der Waals surface area contributed by atoms with Crippen molar-refractivity contribution in [1.29, 1.82) is 5.41 Å². The minimum atomic E-state index is -4.64. The van der Waals surface area contributed by atoms with Gasteiger partial charge in [0.15, 0.2) is 0 Å². The first-order chi connectivity index (χ1) is 13.7. The molecule has 2 heterocycles. The van der Waals surface area contributed by atoms with Gasteiger partial charge in [-0.25, -0.2) is 0 Å². The molecule has 158 valence electrons. The highest BCUT2D eigenvalue weighted by Gasteiger charge is 2.36.